The summed E-state index contributed by atoms with van der Waals surface area (Å²) in [5.74, 6) is 1.69. The fourth-order valence-corrected chi connectivity index (χ4v) is 3.33. The van der Waals surface area contributed by atoms with Gasteiger partial charge in [-0.15, -0.1) is 11.6 Å². The zero-order chi connectivity index (χ0) is 17.8. The summed E-state index contributed by atoms with van der Waals surface area (Å²) in [5, 5.41) is 2.87. The predicted molar refractivity (Wildman–Crippen MR) is 96.6 cm³/mol. The van der Waals surface area contributed by atoms with Gasteiger partial charge >= 0.3 is 6.03 Å². The lowest BCUT2D eigenvalue weighted by atomic mass is 9.99. The number of amides is 2. The first kappa shape index (κ1) is 17.5. The SMILES string of the molecule is COc1ccc(C2c3cccn3CCN2C(=O)NCCCl)cc1OC. The Morgan fingerprint density at radius 2 is 2.04 bits per heavy atom. The molecule has 0 fully saturated rings. The van der Waals surface area contributed by atoms with Crippen molar-refractivity contribution in [1.29, 1.82) is 0 Å². The molecule has 1 aromatic heterocycles. The van der Waals surface area contributed by atoms with Crippen LogP contribution in [0.2, 0.25) is 0 Å². The van der Waals surface area contributed by atoms with E-state index in [1.165, 1.54) is 0 Å². The van der Waals surface area contributed by atoms with E-state index in [1.807, 2.05) is 41.4 Å². The van der Waals surface area contributed by atoms with Crippen LogP contribution in [0.1, 0.15) is 17.3 Å². The number of aromatic nitrogens is 1. The quantitative estimate of drug-likeness (QED) is 0.831. The molecule has 1 N–H and O–H groups in total. The van der Waals surface area contributed by atoms with Crippen LogP contribution in [0, 0.1) is 0 Å². The van der Waals surface area contributed by atoms with E-state index in [9.17, 15) is 4.79 Å². The Labute approximate surface area is 152 Å². The third-order valence-electron chi connectivity index (χ3n) is 4.39. The van der Waals surface area contributed by atoms with Crippen LogP contribution in [-0.2, 0) is 6.54 Å². The van der Waals surface area contributed by atoms with Gasteiger partial charge in [0, 0.05) is 37.4 Å². The van der Waals surface area contributed by atoms with Gasteiger partial charge in [0.05, 0.1) is 20.3 Å². The van der Waals surface area contributed by atoms with E-state index in [2.05, 4.69) is 9.88 Å². The van der Waals surface area contributed by atoms with Gasteiger partial charge in [0.2, 0.25) is 0 Å². The molecule has 134 valence electrons. The number of nitrogens with zero attached hydrogens (tertiary/aromatic N) is 2. The molecule has 0 saturated heterocycles. The van der Waals surface area contributed by atoms with E-state index >= 15 is 0 Å². The average molecular weight is 364 g/mol. The Bertz CT molecular complexity index is 747. The molecule has 0 bridgehead atoms. The Morgan fingerprint density at radius 3 is 2.76 bits per heavy atom. The van der Waals surface area contributed by atoms with Gasteiger partial charge in [-0.3, -0.25) is 0 Å². The van der Waals surface area contributed by atoms with E-state index in [-0.39, 0.29) is 12.1 Å². The highest BCUT2D eigenvalue weighted by Gasteiger charge is 2.32. The zero-order valence-electron chi connectivity index (χ0n) is 14.4. The van der Waals surface area contributed by atoms with Crippen molar-refractivity contribution in [3.05, 3.63) is 47.8 Å². The molecule has 25 heavy (non-hydrogen) atoms. The Kier molecular flexibility index (Phi) is 5.38. The maximum absolute atomic E-state index is 12.6. The van der Waals surface area contributed by atoms with Crippen LogP contribution >= 0.6 is 11.6 Å². The van der Waals surface area contributed by atoms with E-state index in [1.54, 1.807) is 14.2 Å². The Morgan fingerprint density at radius 1 is 1.24 bits per heavy atom. The van der Waals surface area contributed by atoms with Crippen LogP contribution in [0.15, 0.2) is 36.5 Å². The molecule has 3 rings (SSSR count). The number of methoxy groups -OCH3 is 2. The molecule has 6 nitrogen and oxygen atoms in total. The summed E-state index contributed by atoms with van der Waals surface area (Å²) in [6, 6.07) is 9.49. The first-order chi connectivity index (χ1) is 12.2. The second kappa shape index (κ2) is 7.70. The summed E-state index contributed by atoms with van der Waals surface area (Å²) in [6.45, 7) is 1.83. The number of carbonyl (C=O) groups is 1. The Hall–Kier alpha value is -2.34. The van der Waals surface area contributed by atoms with E-state index < -0.39 is 0 Å². The molecule has 7 heteroatoms. The van der Waals surface area contributed by atoms with Gasteiger partial charge in [0.1, 0.15) is 0 Å². The van der Waals surface area contributed by atoms with Crippen molar-refractivity contribution in [2.24, 2.45) is 0 Å². The molecule has 1 atom stereocenters. The Balaban J connectivity index is 2.00. The number of hydrogen-bond acceptors (Lipinski definition) is 3. The maximum atomic E-state index is 12.6. The minimum Gasteiger partial charge on any atom is -0.493 e. The number of benzene rings is 1. The standard InChI is InChI=1S/C18H22ClN3O3/c1-24-15-6-5-13(12-16(15)25-2)17-14-4-3-9-21(14)10-11-22(17)18(23)20-8-7-19/h3-6,9,12,17H,7-8,10-11H2,1-2H3,(H,20,23). The number of ether oxygens (including phenoxy) is 2. The van der Waals surface area contributed by atoms with Crippen molar-refractivity contribution in [3.8, 4) is 11.5 Å². The van der Waals surface area contributed by atoms with Gasteiger partial charge in [0.15, 0.2) is 11.5 Å². The minimum atomic E-state index is -0.195. The van der Waals surface area contributed by atoms with E-state index in [0.717, 1.165) is 17.8 Å². The third-order valence-corrected chi connectivity index (χ3v) is 4.58. The summed E-state index contributed by atoms with van der Waals surface area (Å²) in [6.07, 6.45) is 2.04. The van der Waals surface area contributed by atoms with Crippen molar-refractivity contribution < 1.29 is 14.3 Å². The van der Waals surface area contributed by atoms with Gasteiger partial charge in [0.25, 0.3) is 0 Å². The number of fused-ring (bicyclic) bond motifs is 1. The molecular weight excluding hydrogens is 342 g/mol. The minimum absolute atomic E-state index is 0.118. The first-order valence-corrected chi connectivity index (χ1v) is 8.70. The number of carbonyl (C=O) groups excluding carboxylic acids is 1. The molecule has 1 aliphatic heterocycles. The molecule has 2 aromatic rings. The monoisotopic (exact) mass is 363 g/mol. The van der Waals surface area contributed by atoms with Crippen LogP contribution in [0.25, 0.3) is 0 Å². The van der Waals surface area contributed by atoms with Crippen LogP contribution in [-0.4, -0.2) is 48.7 Å². The van der Waals surface area contributed by atoms with Gasteiger partial charge in [-0.2, -0.15) is 0 Å². The number of urea groups is 1. The fourth-order valence-electron chi connectivity index (χ4n) is 3.23. The largest absolute Gasteiger partial charge is 0.493 e. The molecule has 0 radical (unpaired) electrons. The van der Waals surface area contributed by atoms with Crippen LogP contribution < -0.4 is 14.8 Å². The number of nitrogens with one attached hydrogen (secondary N) is 1. The van der Waals surface area contributed by atoms with E-state index in [0.29, 0.717) is 30.5 Å². The molecule has 0 spiro atoms. The molecular formula is C18H22ClN3O3. The lowest BCUT2D eigenvalue weighted by molar-refractivity contribution is 0.169. The zero-order valence-corrected chi connectivity index (χ0v) is 15.1. The lowest BCUT2D eigenvalue weighted by Gasteiger charge is -2.37. The van der Waals surface area contributed by atoms with Crippen molar-refractivity contribution >= 4 is 17.6 Å². The van der Waals surface area contributed by atoms with Crippen molar-refractivity contribution in [3.63, 3.8) is 0 Å². The third kappa shape index (κ3) is 3.39. The van der Waals surface area contributed by atoms with Crippen LogP contribution in [0.5, 0.6) is 11.5 Å². The predicted octanol–water partition coefficient (Wildman–Crippen LogP) is 2.86. The summed E-state index contributed by atoms with van der Waals surface area (Å²) < 4.78 is 12.9. The van der Waals surface area contributed by atoms with E-state index in [4.69, 9.17) is 21.1 Å². The molecule has 2 heterocycles. The summed E-state index contributed by atoms with van der Waals surface area (Å²) in [7, 11) is 3.21. The number of halogens is 1. The second-order valence-electron chi connectivity index (χ2n) is 5.76. The molecule has 1 aromatic carbocycles. The molecule has 2 amide bonds. The fraction of sp³-hybridized carbons (Fsp3) is 0.389. The molecule has 1 unspecified atom stereocenters. The summed E-state index contributed by atoms with van der Waals surface area (Å²) in [5.41, 5.74) is 2.04. The summed E-state index contributed by atoms with van der Waals surface area (Å²) in [4.78, 5) is 14.5. The average Bonchev–Trinajstić information content (AvgIpc) is 3.13. The van der Waals surface area contributed by atoms with Crippen molar-refractivity contribution in [2.45, 2.75) is 12.6 Å². The smallest absolute Gasteiger partial charge is 0.318 e. The highest BCUT2D eigenvalue weighted by atomic mass is 35.5. The van der Waals surface area contributed by atoms with Crippen molar-refractivity contribution in [2.75, 3.05) is 33.2 Å². The topological polar surface area (TPSA) is 55.7 Å². The first-order valence-electron chi connectivity index (χ1n) is 8.17. The van der Waals surface area contributed by atoms with Gasteiger partial charge in [-0.25, -0.2) is 4.79 Å². The normalized spacial score (nSPS) is 16.3. The number of alkyl halides is 1. The van der Waals surface area contributed by atoms with Gasteiger partial charge in [-0.1, -0.05) is 6.07 Å². The van der Waals surface area contributed by atoms with Gasteiger partial charge < -0.3 is 24.3 Å². The van der Waals surface area contributed by atoms with Crippen molar-refractivity contribution in [1.82, 2.24) is 14.8 Å². The lowest BCUT2D eigenvalue weighted by Crippen LogP contribution is -2.47. The van der Waals surface area contributed by atoms with Crippen LogP contribution in [0.4, 0.5) is 4.79 Å². The molecule has 0 saturated carbocycles. The molecule has 1 aliphatic rings. The maximum Gasteiger partial charge on any atom is 0.318 e. The number of hydrogen-bond donors (Lipinski definition) is 1. The highest BCUT2D eigenvalue weighted by Crippen LogP contribution is 2.37. The highest BCUT2D eigenvalue weighted by molar-refractivity contribution is 6.18. The number of rotatable bonds is 5. The molecule has 0 aliphatic carbocycles. The summed E-state index contributed by atoms with van der Waals surface area (Å²) >= 11 is 5.71. The second-order valence-corrected chi connectivity index (χ2v) is 6.14. The van der Waals surface area contributed by atoms with Gasteiger partial charge in [-0.05, 0) is 29.8 Å². The van der Waals surface area contributed by atoms with Crippen LogP contribution in [0.3, 0.4) is 0 Å².